The quantitative estimate of drug-likeness (QED) is 0.921. The molecule has 0 saturated heterocycles. The van der Waals surface area contributed by atoms with Gasteiger partial charge in [-0.25, -0.2) is 0 Å². The lowest BCUT2D eigenvalue weighted by molar-refractivity contribution is -0.123. The largest absolute Gasteiger partial charge is 0.338 e. The summed E-state index contributed by atoms with van der Waals surface area (Å²) in [5.41, 5.74) is 1.03. The fraction of sp³-hybridized carbons (Fsp3) is 0.278. The normalized spacial score (nSPS) is 12.2. The Morgan fingerprint density at radius 3 is 2.59 bits per heavy atom. The smallest absolute Gasteiger partial charge is 0.229 e. The lowest BCUT2D eigenvalue weighted by Crippen LogP contribution is -2.44. The SMILES string of the molecule is CC(C)(C#N)NC(=O)C(Cc1cccnc1)c1ccccc1. The molecule has 0 saturated carbocycles. The molecule has 1 aromatic heterocycles. The molecule has 0 aliphatic rings. The number of benzene rings is 1. The number of rotatable bonds is 5. The van der Waals surface area contributed by atoms with Gasteiger partial charge < -0.3 is 5.32 Å². The molecule has 1 atom stereocenters. The average molecular weight is 293 g/mol. The van der Waals surface area contributed by atoms with Crippen LogP contribution in [0.25, 0.3) is 0 Å². The maximum Gasteiger partial charge on any atom is 0.229 e. The number of hydrogen-bond donors (Lipinski definition) is 1. The molecular weight excluding hydrogens is 274 g/mol. The topological polar surface area (TPSA) is 65.8 Å². The van der Waals surface area contributed by atoms with Crippen LogP contribution < -0.4 is 5.32 Å². The van der Waals surface area contributed by atoms with Crippen molar-refractivity contribution >= 4 is 5.91 Å². The van der Waals surface area contributed by atoms with Crippen molar-refractivity contribution < 1.29 is 4.79 Å². The van der Waals surface area contributed by atoms with Crippen LogP contribution in [0.3, 0.4) is 0 Å². The molecule has 2 rings (SSSR count). The molecule has 0 radical (unpaired) electrons. The van der Waals surface area contributed by atoms with Crippen molar-refractivity contribution in [2.24, 2.45) is 0 Å². The zero-order chi connectivity index (χ0) is 16.0. The minimum Gasteiger partial charge on any atom is -0.338 e. The van der Waals surface area contributed by atoms with Crippen molar-refractivity contribution in [3.63, 3.8) is 0 Å². The zero-order valence-corrected chi connectivity index (χ0v) is 12.8. The van der Waals surface area contributed by atoms with Crippen molar-refractivity contribution in [2.45, 2.75) is 31.7 Å². The third kappa shape index (κ3) is 4.16. The molecule has 112 valence electrons. The molecule has 0 bridgehead atoms. The standard InChI is InChI=1S/C18H19N3O/c1-18(2,13-19)21-17(22)16(15-8-4-3-5-9-15)11-14-7-6-10-20-12-14/h3-10,12,16H,11H2,1-2H3,(H,21,22). The Hall–Kier alpha value is -2.67. The van der Waals surface area contributed by atoms with Gasteiger partial charge in [-0.3, -0.25) is 9.78 Å². The van der Waals surface area contributed by atoms with Crippen LogP contribution >= 0.6 is 0 Å². The molecule has 1 N–H and O–H groups in total. The van der Waals surface area contributed by atoms with Gasteiger partial charge in [0.1, 0.15) is 5.54 Å². The third-order valence-electron chi connectivity index (χ3n) is 3.40. The summed E-state index contributed by atoms with van der Waals surface area (Å²) in [6, 6.07) is 15.5. The summed E-state index contributed by atoms with van der Waals surface area (Å²) in [4.78, 5) is 16.7. The number of carbonyl (C=O) groups is 1. The highest BCUT2D eigenvalue weighted by Crippen LogP contribution is 2.22. The Morgan fingerprint density at radius 1 is 1.27 bits per heavy atom. The molecule has 0 spiro atoms. The van der Waals surface area contributed by atoms with Gasteiger partial charge >= 0.3 is 0 Å². The molecule has 1 unspecified atom stereocenters. The molecule has 22 heavy (non-hydrogen) atoms. The maximum absolute atomic E-state index is 12.6. The van der Waals surface area contributed by atoms with Crippen LogP contribution in [-0.4, -0.2) is 16.4 Å². The fourth-order valence-corrected chi connectivity index (χ4v) is 2.22. The van der Waals surface area contributed by atoms with Gasteiger partial charge in [-0.15, -0.1) is 0 Å². The van der Waals surface area contributed by atoms with E-state index in [2.05, 4.69) is 16.4 Å². The lowest BCUT2D eigenvalue weighted by atomic mass is 9.91. The van der Waals surface area contributed by atoms with E-state index >= 15 is 0 Å². The number of hydrogen-bond acceptors (Lipinski definition) is 3. The van der Waals surface area contributed by atoms with E-state index in [4.69, 9.17) is 5.26 Å². The molecule has 4 nitrogen and oxygen atoms in total. The van der Waals surface area contributed by atoms with E-state index in [1.54, 1.807) is 26.2 Å². The van der Waals surface area contributed by atoms with Crippen LogP contribution in [-0.2, 0) is 11.2 Å². The molecule has 1 amide bonds. The molecule has 0 fully saturated rings. The number of nitriles is 1. The predicted octanol–water partition coefficient (Wildman–Crippen LogP) is 2.83. The average Bonchev–Trinajstić information content (AvgIpc) is 2.54. The van der Waals surface area contributed by atoms with E-state index in [-0.39, 0.29) is 11.8 Å². The van der Waals surface area contributed by atoms with Gasteiger partial charge in [-0.05, 0) is 37.5 Å². The Morgan fingerprint density at radius 2 is 2.00 bits per heavy atom. The zero-order valence-electron chi connectivity index (χ0n) is 12.8. The first-order chi connectivity index (χ1) is 10.5. The van der Waals surface area contributed by atoms with E-state index in [1.807, 2.05) is 42.5 Å². The molecule has 0 aliphatic heterocycles. The van der Waals surface area contributed by atoms with Crippen LogP contribution in [0.15, 0.2) is 54.9 Å². The summed E-state index contributed by atoms with van der Waals surface area (Å²) in [5.74, 6) is -0.500. The van der Waals surface area contributed by atoms with Gasteiger partial charge in [0.2, 0.25) is 5.91 Å². The number of carbonyl (C=O) groups excluding carboxylic acids is 1. The van der Waals surface area contributed by atoms with Crippen LogP contribution in [0.1, 0.15) is 30.9 Å². The molecule has 1 heterocycles. The highest BCUT2D eigenvalue weighted by molar-refractivity contribution is 5.85. The summed E-state index contributed by atoms with van der Waals surface area (Å²) in [6.07, 6.45) is 4.02. The number of nitrogens with zero attached hydrogens (tertiary/aromatic N) is 2. The minimum absolute atomic E-state index is 0.151. The minimum atomic E-state index is -0.890. The Balaban J connectivity index is 2.26. The predicted molar refractivity (Wildman–Crippen MR) is 85.0 cm³/mol. The van der Waals surface area contributed by atoms with E-state index < -0.39 is 5.54 Å². The van der Waals surface area contributed by atoms with E-state index in [9.17, 15) is 4.79 Å². The number of nitrogens with one attached hydrogen (secondary N) is 1. The van der Waals surface area contributed by atoms with E-state index in [0.29, 0.717) is 6.42 Å². The van der Waals surface area contributed by atoms with Crippen LogP contribution in [0.4, 0.5) is 0 Å². The second-order valence-corrected chi connectivity index (χ2v) is 5.75. The molecule has 1 aromatic carbocycles. The van der Waals surface area contributed by atoms with Gasteiger partial charge in [0.15, 0.2) is 0 Å². The fourth-order valence-electron chi connectivity index (χ4n) is 2.22. The maximum atomic E-state index is 12.6. The number of pyridine rings is 1. The summed E-state index contributed by atoms with van der Waals surface area (Å²) in [7, 11) is 0. The third-order valence-corrected chi connectivity index (χ3v) is 3.40. The van der Waals surface area contributed by atoms with Gasteiger partial charge in [-0.1, -0.05) is 36.4 Å². The van der Waals surface area contributed by atoms with E-state index in [1.165, 1.54) is 0 Å². The summed E-state index contributed by atoms with van der Waals surface area (Å²) < 4.78 is 0. The lowest BCUT2D eigenvalue weighted by Gasteiger charge is -2.23. The van der Waals surface area contributed by atoms with Crippen LogP contribution in [0.2, 0.25) is 0 Å². The van der Waals surface area contributed by atoms with Crippen molar-refractivity contribution in [1.82, 2.24) is 10.3 Å². The number of amides is 1. The Bertz CT molecular complexity index is 660. The highest BCUT2D eigenvalue weighted by atomic mass is 16.2. The van der Waals surface area contributed by atoms with Crippen LogP contribution in [0, 0.1) is 11.3 Å². The summed E-state index contributed by atoms with van der Waals surface area (Å²) in [5, 5.41) is 11.9. The first kappa shape index (κ1) is 15.7. The Labute approximate surface area is 130 Å². The first-order valence-corrected chi connectivity index (χ1v) is 7.19. The van der Waals surface area contributed by atoms with Gasteiger partial charge in [0, 0.05) is 12.4 Å². The van der Waals surface area contributed by atoms with Crippen molar-refractivity contribution in [3.8, 4) is 6.07 Å². The molecule has 0 aliphatic carbocycles. The van der Waals surface area contributed by atoms with Gasteiger partial charge in [-0.2, -0.15) is 5.26 Å². The Kier molecular flexibility index (Phi) is 4.90. The van der Waals surface area contributed by atoms with Crippen molar-refractivity contribution in [1.29, 1.82) is 5.26 Å². The second-order valence-electron chi connectivity index (χ2n) is 5.75. The molecule has 4 heteroatoms. The van der Waals surface area contributed by atoms with Crippen molar-refractivity contribution in [3.05, 3.63) is 66.0 Å². The van der Waals surface area contributed by atoms with Gasteiger partial charge in [0.25, 0.3) is 0 Å². The molecular formula is C18H19N3O. The highest BCUT2D eigenvalue weighted by Gasteiger charge is 2.27. The monoisotopic (exact) mass is 293 g/mol. The number of aromatic nitrogens is 1. The van der Waals surface area contributed by atoms with E-state index in [0.717, 1.165) is 11.1 Å². The molecule has 2 aromatic rings. The first-order valence-electron chi connectivity index (χ1n) is 7.19. The van der Waals surface area contributed by atoms with Crippen LogP contribution in [0.5, 0.6) is 0 Å². The summed E-state index contributed by atoms with van der Waals surface area (Å²) in [6.45, 7) is 3.38. The van der Waals surface area contributed by atoms with Crippen molar-refractivity contribution in [2.75, 3.05) is 0 Å². The summed E-state index contributed by atoms with van der Waals surface area (Å²) >= 11 is 0. The van der Waals surface area contributed by atoms with Gasteiger partial charge in [0.05, 0.1) is 12.0 Å². The second kappa shape index (κ2) is 6.86.